The standard InChI is InChI=1S/C21H23N5O2/c22-19-18-16(13-5-2-1-3-6-13)17-14(7-4-8-15(17)27)23-20(18)25-21(24-19)26-9-11-28-12-10-26/h1-3,5-6,16H,4,7-12H2,(H3,22,23,24,25). The van der Waals surface area contributed by atoms with Gasteiger partial charge in [-0.1, -0.05) is 30.3 Å². The molecule has 1 aromatic heterocycles. The lowest BCUT2D eigenvalue weighted by atomic mass is 9.76. The van der Waals surface area contributed by atoms with Crippen molar-refractivity contribution in [1.29, 1.82) is 0 Å². The van der Waals surface area contributed by atoms with Gasteiger partial charge in [0.15, 0.2) is 5.78 Å². The number of morpholine rings is 1. The lowest BCUT2D eigenvalue weighted by Crippen LogP contribution is -2.38. The zero-order valence-electron chi connectivity index (χ0n) is 15.6. The van der Waals surface area contributed by atoms with Crippen LogP contribution in [-0.4, -0.2) is 42.1 Å². The number of hydrogen-bond acceptors (Lipinski definition) is 7. The first kappa shape index (κ1) is 17.2. The van der Waals surface area contributed by atoms with Gasteiger partial charge in [0.2, 0.25) is 5.95 Å². The van der Waals surface area contributed by atoms with Crippen LogP contribution in [-0.2, 0) is 9.53 Å². The fourth-order valence-corrected chi connectivity index (χ4v) is 4.35. The molecule has 0 bridgehead atoms. The molecule has 3 aliphatic rings. The Morgan fingerprint density at radius 1 is 1.11 bits per heavy atom. The van der Waals surface area contributed by atoms with Gasteiger partial charge < -0.3 is 20.7 Å². The van der Waals surface area contributed by atoms with E-state index in [0.29, 0.717) is 31.4 Å². The van der Waals surface area contributed by atoms with Crippen LogP contribution in [0.3, 0.4) is 0 Å². The number of carbonyl (C=O) groups excluding carboxylic acids is 1. The van der Waals surface area contributed by atoms with Crippen molar-refractivity contribution in [3.63, 3.8) is 0 Å². The van der Waals surface area contributed by atoms with E-state index in [-0.39, 0.29) is 11.7 Å². The molecule has 144 valence electrons. The summed E-state index contributed by atoms with van der Waals surface area (Å²) in [6, 6.07) is 10.0. The Hall–Kier alpha value is -2.93. The topological polar surface area (TPSA) is 93.4 Å². The van der Waals surface area contributed by atoms with E-state index in [9.17, 15) is 4.79 Å². The predicted octanol–water partition coefficient (Wildman–Crippen LogP) is 2.46. The molecule has 0 saturated carbocycles. The third kappa shape index (κ3) is 2.82. The summed E-state index contributed by atoms with van der Waals surface area (Å²) in [7, 11) is 0. The molecule has 3 N–H and O–H groups in total. The molecule has 0 radical (unpaired) electrons. The Morgan fingerprint density at radius 2 is 1.89 bits per heavy atom. The molecule has 1 unspecified atom stereocenters. The largest absolute Gasteiger partial charge is 0.383 e. The van der Waals surface area contributed by atoms with Crippen LogP contribution in [0.2, 0.25) is 0 Å². The van der Waals surface area contributed by atoms with Crippen molar-refractivity contribution in [2.24, 2.45) is 0 Å². The number of allylic oxidation sites excluding steroid dienone is 2. The normalized spacial score (nSPS) is 21.8. The number of nitrogens with two attached hydrogens (primary N) is 1. The van der Waals surface area contributed by atoms with Crippen LogP contribution in [0, 0.1) is 0 Å². The zero-order valence-corrected chi connectivity index (χ0v) is 15.6. The zero-order chi connectivity index (χ0) is 19.1. The third-order valence-electron chi connectivity index (χ3n) is 5.69. The minimum absolute atomic E-state index is 0.185. The molecule has 5 rings (SSSR count). The lowest BCUT2D eigenvalue weighted by molar-refractivity contribution is -0.116. The first-order valence-electron chi connectivity index (χ1n) is 9.80. The number of ketones is 1. The number of carbonyl (C=O) groups is 1. The highest BCUT2D eigenvalue weighted by Crippen LogP contribution is 2.46. The summed E-state index contributed by atoms with van der Waals surface area (Å²) in [5.41, 5.74) is 10.1. The highest BCUT2D eigenvalue weighted by atomic mass is 16.5. The van der Waals surface area contributed by atoms with Crippen molar-refractivity contribution in [2.45, 2.75) is 25.2 Å². The monoisotopic (exact) mass is 377 g/mol. The Labute approximate surface area is 163 Å². The smallest absolute Gasteiger partial charge is 0.229 e. The number of rotatable bonds is 2. The van der Waals surface area contributed by atoms with Crippen LogP contribution in [0.1, 0.15) is 36.3 Å². The van der Waals surface area contributed by atoms with Gasteiger partial charge >= 0.3 is 0 Å². The molecule has 2 aliphatic heterocycles. The first-order valence-corrected chi connectivity index (χ1v) is 9.80. The Morgan fingerprint density at radius 3 is 2.68 bits per heavy atom. The number of hydrogen-bond donors (Lipinski definition) is 2. The fraction of sp³-hybridized carbons (Fsp3) is 0.381. The molecular formula is C21H23N5O2. The molecule has 7 nitrogen and oxygen atoms in total. The van der Waals surface area contributed by atoms with Crippen LogP contribution < -0.4 is 16.0 Å². The molecule has 3 heterocycles. The van der Waals surface area contributed by atoms with Gasteiger partial charge in [-0.2, -0.15) is 9.97 Å². The molecular weight excluding hydrogens is 354 g/mol. The molecule has 1 aromatic carbocycles. The molecule has 1 aliphatic carbocycles. The van der Waals surface area contributed by atoms with Gasteiger partial charge in [0.1, 0.15) is 11.6 Å². The van der Waals surface area contributed by atoms with Crippen molar-refractivity contribution in [3.05, 3.63) is 52.7 Å². The second kappa shape index (κ2) is 6.91. The number of anilines is 3. The van der Waals surface area contributed by atoms with Gasteiger partial charge in [0.05, 0.1) is 13.2 Å². The molecule has 1 atom stereocenters. The van der Waals surface area contributed by atoms with Crippen molar-refractivity contribution in [2.75, 3.05) is 42.3 Å². The average Bonchev–Trinajstić information content (AvgIpc) is 2.73. The summed E-state index contributed by atoms with van der Waals surface area (Å²) >= 11 is 0. The van der Waals surface area contributed by atoms with Crippen molar-refractivity contribution >= 4 is 23.4 Å². The second-order valence-corrected chi connectivity index (χ2v) is 7.41. The van der Waals surface area contributed by atoms with Crippen LogP contribution in [0.15, 0.2) is 41.6 Å². The number of Topliss-reactive ketones (excluding diaryl/α,β-unsaturated/α-hetero) is 1. The van der Waals surface area contributed by atoms with Gasteiger partial charge in [0, 0.05) is 42.3 Å². The van der Waals surface area contributed by atoms with E-state index in [0.717, 1.165) is 54.1 Å². The van der Waals surface area contributed by atoms with Gasteiger partial charge in [-0.15, -0.1) is 0 Å². The third-order valence-corrected chi connectivity index (χ3v) is 5.69. The number of nitrogens with one attached hydrogen (secondary N) is 1. The van der Waals surface area contributed by atoms with Crippen LogP contribution >= 0.6 is 0 Å². The quantitative estimate of drug-likeness (QED) is 0.830. The summed E-state index contributed by atoms with van der Waals surface area (Å²) < 4.78 is 5.43. The predicted molar refractivity (Wildman–Crippen MR) is 107 cm³/mol. The fourth-order valence-electron chi connectivity index (χ4n) is 4.35. The maximum atomic E-state index is 12.8. The van der Waals surface area contributed by atoms with E-state index < -0.39 is 0 Å². The number of ether oxygens (including phenoxy) is 1. The molecule has 7 heteroatoms. The molecule has 2 aromatic rings. The summed E-state index contributed by atoms with van der Waals surface area (Å²) in [5, 5.41) is 3.42. The second-order valence-electron chi connectivity index (χ2n) is 7.41. The van der Waals surface area contributed by atoms with E-state index in [2.05, 4.69) is 15.2 Å². The molecule has 0 spiro atoms. The number of fused-ring (bicyclic) bond motifs is 1. The Kier molecular flexibility index (Phi) is 4.24. The Bertz CT molecular complexity index is 951. The number of nitrogen functional groups attached to an aromatic ring is 1. The minimum Gasteiger partial charge on any atom is -0.383 e. The first-order chi connectivity index (χ1) is 13.7. The summed E-state index contributed by atoms with van der Waals surface area (Å²) in [6.45, 7) is 2.80. The van der Waals surface area contributed by atoms with E-state index in [4.69, 9.17) is 15.5 Å². The summed E-state index contributed by atoms with van der Waals surface area (Å²) in [5.74, 6) is 1.73. The van der Waals surface area contributed by atoms with Crippen LogP contribution in [0.25, 0.3) is 0 Å². The molecule has 1 saturated heterocycles. The molecule has 28 heavy (non-hydrogen) atoms. The SMILES string of the molecule is Nc1nc(N2CCOCC2)nc2c1C(c1ccccc1)C1=C(CCCC1=O)N2. The summed E-state index contributed by atoms with van der Waals surface area (Å²) in [4.78, 5) is 24.4. The van der Waals surface area contributed by atoms with E-state index in [1.54, 1.807) is 0 Å². The van der Waals surface area contributed by atoms with E-state index in [1.807, 2.05) is 30.3 Å². The average molecular weight is 377 g/mol. The number of nitrogens with zero attached hydrogens (tertiary/aromatic N) is 3. The van der Waals surface area contributed by atoms with Gasteiger partial charge in [0.25, 0.3) is 0 Å². The van der Waals surface area contributed by atoms with Crippen molar-refractivity contribution < 1.29 is 9.53 Å². The van der Waals surface area contributed by atoms with Gasteiger partial charge in [-0.05, 0) is 18.4 Å². The highest BCUT2D eigenvalue weighted by Gasteiger charge is 2.38. The maximum Gasteiger partial charge on any atom is 0.229 e. The number of aromatic nitrogens is 2. The molecule has 0 amide bonds. The van der Waals surface area contributed by atoms with E-state index in [1.165, 1.54) is 0 Å². The minimum atomic E-state index is -0.223. The maximum absolute atomic E-state index is 12.8. The van der Waals surface area contributed by atoms with Crippen LogP contribution in [0.5, 0.6) is 0 Å². The lowest BCUT2D eigenvalue weighted by Gasteiger charge is -2.35. The van der Waals surface area contributed by atoms with Gasteiger partial charge in [-0.25, -0.2) is 0 Å². The Balaban J connectivity index is 1.66. The summed E-state index contributed by atoms with van der Waals surface area (Å²) in [6.07, 6.45) is 2.28. The van der Waals surface area contributed by atoms with Crippen LogP contribution in [0.4, 0.5) is 17.6 Å². The van der Waals surface area contributed by atoms with Crippen molar-refractivity contribution in [3.8, 4) is 0 Å². The van der Waals surface area contributed by atoms with Gasteiger partial charge in [-0.3, -0.25) is 4.79 Å². The highest BCUT2D eigenvalue weighted by molar-refractivity contribution is 6.01. The molecule has 1 fully saturated rings. The van der Waals surface area contributed by atoms with E-state index >= 15 is 0 Å². The number of benzene rings is 1. The van der Waals surface area contributed by atoms with Crippen molar-refractivity contribution in [1.82, 2.24) is 9.97 Å².